The van der Waals surface area contributed by atoms with Crippen molar-refractivity contribution in [3.8, 4) is 0 Å². The Labute approximate surface area is 85.0 Å². The molecule has 3 nitrogen and oxygen atoms in total. The van der Waals surface area contributed by atoms with E-state index in [0.29, 0.717) is 4.77 Å². The molecule has 0 saturated carbocycles. The molecular weight excluding hydrogens is 202 g/mol. The molecule has 2 heterocycles. The molecule has 5 heteroatoms. The van der Waals surface area contributed by atoms with Crippen LogP contribution in [0.4, 0.5) is 0 Å². The molecule has 0 spiro atoms. The van der Waals surface area contributed by atoms with Gasteiger partial charge in [0.25, 0.3) is 0 Å². The average molecular weight is 211 g/mol. The normalized spacial score (nSPS) is 10.5. The fraction of sp³-hybridized carbons (Fsp3) is 0.250. The molecule has 0 aliphatic heterocycles. The maximum absolute atomic E-state index is 5.03. The molecule has 2 aromatic rings. The van der Waals surface area contributed by atoms with Gasteiger partial charge in [0, 0.05) is 11.4 Å². The lowest BCUT2D eigenvalue weighted by Gasteiger charge is -1.97. The van der Waals surface area contributed by atoms with Crippen LogP contribution >= 0.6 is 23.6 Å². The maximum atomic E-state index is 5.03. The SMILES string of the molecule is S=c1[nH]ncn1CCc1cccs1. The third-order valence-corrected chi connectivity index (χ3v) is 3.06. The number of hydrogen-bond donors (Lipinski definition) is 1. The lowest BCUT2D eigenvalue weighted by Crippen LogP contribution is -1.98. The summed E-state index contributed by atoms with van der Waals surface area (Å²) in [5, 5.41) is 8.68. The summed E-state index contributed by atoms with van der Waals surface area (Å²) < 4.78 is 2.63. The zero-order valence-corrected chi connectivity index (χ0v) is 8.57. The minimum Gasteiger partial charge on any atom is -0.306 e. The molecule has 0 bridgehead atoms. The predicted molar refractivity (Wildman–Crippen MR) is 55.4 cm³/mol. The van der Waals surface area contributed by atoms with Crippen LogP contribution < -0.4 is 0 Å². The van der Waals surface area contributed by atoms with Crippen molar-refractivity contribution in [2.45, 2.75) is 13.0 Å². The van der Waals surface area contributed by atoms with E-state index in [0.717, 1.165) is 13.0 Å². The second-order valence-corrected chi connectivity index (χ2v) is 4.10. The van der Waals surface area contributed by atoms with Gasteiger partial charge in [-0.15, -0.1) is 11.3 Å². The summed E-state index contributed by atoms with van der Waals surface area (Å²) in [7, 11) is 0. The van der Waals surface area contributed by atoms with E-state index in [1.165, 1.54) is 4.88 Å². The van der Waals surface area contributed by atoms with Gasteiger partial charge in [-0.25, -0.2) is 0 Å². The molecule has 0 saturated heterocycles. The Morgan fingerprint density at radius 2 is 2.54 bits per heavy atom. The topological polar surface area (TPSA) is 33.6 Å². The van der Waals surface area contributed by atoms with Crippen molar-refractivity contribution < 1.29 is 0 Å². The van der Waals surface area contributed by atoms with Crippen LogP contribution in [0.15, 0.2) is 23.8 Å². The Hall–Kier alpha value is -0.940. The Morgan fingerprint density at radius 1 is 1.62 bits per heavy atom. The van der Waals surface area contributed by atoms with Gasteiger partial charge in [-0.3, -0.25) is 5.10 Å². The summed E-state index contributed by atoms with van der Waals surface area (Å²) in [6.45, 7) is 0.899. The molecular formula is C8H9N3S2. The van der Waals surface area contributed by atoms with Crippen LogP contribution in [0.2, 0.25) is 0 Å². The van der Waals surface area contributed by atoms with Crippen molar-refractivity contribution >= 4 is 23.6 Å². The number of aromatic nitrogens is 3. The number of H-pyrrole nitrogens is 1. The van der Waals surface area contributed by atoms with Gasteiger partial charge in [0.05, 0.1) is 0 Å². The number of hydrogen-bond acceptors (Lipinski definition) is 3. The summed E-state index contributed by atoms with van der Waals surface area (Å²) in [4.78, 5) is 1.38. The summed E-state index contributed by atoms with van der Waals surface area (Å²) >= 11 is 6.80. The van der Waals surface area contributed by atoms with Gasteiger partial charge >= 0.3 is 0 Å². The van der Waals surface area contributed by atoms with Crippen LogP contribution in [0.25, 0.3) is 0 Å². The average Bonchev–Trinajstić information content (AvgIpc) is 2.72. The minimum absolute atomic E-state index is 0.691. The third-order valence-electron chi connectivity index (χ3n) is 1.80. The highest BCUT2D eigenvalue weighted by atomic mass is 32.1. The largest absolute Gasteiger partial charge is 0.306 e. The van der Waals surface area contributed by atoms with Crippen LogP contribution in [0.5, 0.6) is 0 Å². The third kappa shape index (κ3) is 2.05. The van der Waals surface area contributed by atoms with E-state index in [1.807, 2.05) is 4.57 Å². The molecule has 0 fully saturated rings. The monoisotopic (exact) mass is 211 g/mol. The number of aromatic amines is 1. The first-order valence-electron chi connectivity index (χ1n) is 3.98. The molecule has 13 heavy (non-hydrogen) atoms. The van der Waals surface area contributed by atoms with Gasteiger partial charge in [-0.1, -0.05) is 6.07 Å². The van der Waals surface area contributed by atoms with Gasteiger partial charge in [-0.2, -0.15) is 5.10 Å². The zero-order valence-electron chi connectivity index (χ0n) is 6.93. The molecule has 0 aromatic carbocycles. The van der Waals surface area contributed by atoms with Gasteiger partial charge in [0.1, 0.15) is 6.33 Å². The van der Waals surface area contributed by atoms with Crippen LogP contribution in [-0.4, -0.2) is 14.8 Å². The zero-order chi connectivity index (χ0) is 9.10. The second kappa shape index (κ2) is 3.85. The fourth-order valence-electron chi connectivity index (χ4n) is 1.12. The summed E-state index contributed by atoms with van der Waals surface area (Å²) in [5.41, 5.74) is 0. The Bertz CT molecular complexity index is 413. The summed E-state index contributed by atoms with van der Waals surface area (Å²) in [6, 6.07) is 4.20. The van der Waals surface area contributed by atoms with E-state index >= 15 is 0 Å². The van der Waals surface area contributed by atoms with Gasteiger partial charge in [-0.05, 0) is 30.1 Å². The smallest absolute Gasteiger partial charge is 0.194 e. The van der Waals surface area contributed by atoms with E-state index in [-0.39, 0.29) is 0 Å². The summed E-state index contributed by atoms with van der Waals surface area (Å²) in [5.74, 6) is 0. The lowest BCUT2D eigenvalue weighted by molar-refractivity contribution is 0.690. The van der Waals surface area contributed by atoms with Crippen LogP contribution in [0.3, 0.4) is 0 Å². The molecule has 1 N–H and O–H groups in total. The first-order chi connectivity index (χ1) is 6.36. The maximum Gasteiger partial charge on any atom is 0.194 e. The molecule has 2 rings (SSSR count). The van der Waals surface area contributed by atoms with Crippen LogP contribution in [0, 0.1) is 4.77 Å². The molecule has 2 aromatic heterocycles. The minimum atomic E-state index is 0.691. The quantitative estimate of drug-likeness (QED) is 0.790. The van der Waals surface area contributed by atoms with Crippen LogP contribution in [-0.2, 0) is 13.0 Å². The van der Waals surface area contributed by atoms with Crippen molar-refractivity contribution in [2.24, 2.45) is 0 Å². The molecule has 0 unspecified atom stereocenters. The van der Waals surface area contributed by atoms with E-state index < -0.39 is 0 Å². The van der Waals surface area contributed by atoms with Gasteiger partial charge in [0.15, 0.2) is 4.77 Å². The highest BCUT2D eigenvalue weighted by Gasteiger charge is 1.96. The first kappa shape index (κ1) is 8.65. The molecule has 0 amide bonds. The standard InChI is InChI=1S/C8H9N3S2/c12-8-10-9-6-11(8)4-3-7-2-1-5-13-7/h1-2,5-6H,3-4H2,(H,10,12). The lowest BCUT2D eigenvalue weighted by atomic mass is 10.3. The highest BCUT2D eigenvalue weighted by Crippen LogP contribution is 2.09. The van der Waals surface area contributed by atoms with E-state index in [4.69, 9.17) is 12.2 Å². The number of aryl methyl sites for hydroxylation is 2. The van der Waals surface area contributed by atoms with Crippen molar-refractivity contribution in [3.05, 3.63) is 33.5 Å². The molecule has 68 valence electrons. The predicted octanol–water partition coefficient (Wildman–Crippen LogP) is 2.24. The van der Waals surface area contributed by atoms with Gasteiger partial charge < -0.3 is 4.57 Å². The van der Waals surface area contributed by atoms with E-state index in [9.17, 15) is 0 Å². The second-order valence-electron chi connectivity index (χ2n) is 2.68. The first-order valence-corrected chi connectivity index (χ1v) is 5.27. The van der Waals surface area contributed by atoms with Crippen molar-refractivity contribution in [1.29, 1.82) is 0 Å². The highest BCUT2D eigenvalue weighted by molar-refractivity contribution is 7.71. The van der Waals surface area contributed by atoms with Crippen molar-refractivity contribution in [2.75, 3.05) is 0 Å². The molecule has 0 radical (unpaired) electrons. The van der Waals surface area contributed by atoms with E-state index in [2.05, 4.69) is 27.7 Å². The number of rotatable bonds is 3. The number of nitrogens with one attached hydrogen (secondary N) is 1. The van der Waals surface area contributed by atoms with Crippen molar-refractivity contribution in [1.82, 2.24) is 14.8 Å². The Balaban J connectivity index is 2.01. The van der Waals surface area contributed by atoms with Crippen LogP contribution in [0.1, 0.15) is 4.88 Å². The molecule has 0 atom stereocenters. The van der Waals surface area contributed by atoms with Crippen molar-refractivity contribution in [3.63, 3.8) is 0 Å². The van der Waals surface area contributed by atoms with E-state index in [1.54, 1.807) is 17.7 Å². The summed E-state index contributed by atoms with van der Waals surface area (Å²) in [6.07, 6.45) is 2.75. The Morgan fingerprint density at radius 3 is 3.15 bits per heavy atom. The fourth-order valence-corrected chi connectivity index (χ4v) is 2.00. The Kier molecular flexibility index (Phi) is 2.56. The number of thiophene rings is 1. The molecule has 0 aliphatic carbocycles. The number of nitrogens with zero attached hydrogens (tertiary/aromatic N) is 2. The van der Waals surface area contributed by atoms with Gasteiger partial charge in [0.2, 0.25) is 0 Å². The molecule has 0 aliphatic rings.